The highest BCUT2D eigenvalue weighted by atomic mass is 16.6. The second kappa shape index (κ2) is 5.56. The molecule has 4 nitrogen and oxygen atoms in total. The van der Waals surface area contributed by atoms with Gasteiger partial charge in [-0.2, -0.15) is 0 Å². The summed E-state index contributed by atoms with van der Waals surface area (Å²) in [5.41, 5.74) is 3.77. The maximum atomic E-state index is 12.9. The highest BCUT2D eigenvalue weighted by Gasteiger charge is 2.53. The second-order valence-corrected chi connectivity index (χ2v) is 7.22. The molecule has 0 bridgehead atoms. The van der Waals surface area contributed by atoms with Crippen LogP contribution in [0.2, 0.25) is 0 Å². The van der Waals surface area contributed by atoms with Gasteiger partial charge in [0.1, 0.15) is 12.0 Å². The van der Waals surface area contributed by atoms with Crippen LogP contribution in [0.1, 0.15) is 36.0 Å². The van der Waals surface area contributed by atoms with Crippen molar-refractivity contribution in [1.82, 2.24) is 0 Å². The third-order valence-corrected chi connectivity index (χ3v) is 5.49. The van der Waals surface area contributed by atoms with E-state index in [2.05, 4.69) is 6.08 Å². The van der Waals surface area contributed by atoms with Crippen LogP contribution in [0.5, 0.6) is 0 Å². The molecule has 0 unspecified atom stereocenters. The van der Waals surface area contributed by atoms with E-state index in [1.54, 1.807) is 0 Å². The number of rotatable bonds is 2. The van der Waals surface area contributed by atoms with E-state index < -0.39 is 5.72 Å². The molecule has 3 aliphatic rings. The normalized spacial score (nSPS) is 26.7. The molecule has 0 N–H and O–H groups in total. The van der Waals surface area contributed by atoms with Gasteiger partial charge in [-0.05, 0) is 49.0 Å². The van der Waals surface area contributed by atoms with Crippen molar-refractivity contribution in [2.45, 2.75) is 38.0 Å². The quantitative estimate of drug-likeness (QED) is 0.614. The van der Waals surface area contributed by atoms with Crippen molar-refractivity contribution in [3.8, 4) is 0 Å². The third kappa shape index (κ3) is 2.15. The molecule has 0 aromatic heterocycles. The molecule has 1 fully saturated rings. The van der Waals surface area contributed by atoms with Gasteiger partial charge in [0.2, 0.25) is 0 Å². The molecule has 0 amide bonds. The first kappa shape index (κ1) is 15.4. The molecule has 2 aromatic carbocycles. The van der Waals surface area contributed by atoms with Crippen molar-refractivity contribution in [2.75, 3.05) is 0 Å². The second-order valence-electron chi connectivity index (χ2n) is 7.22. The molecule has 5 rings (SSSR count). The predicted octanol–water partition coefficient (Wildman–Crippen LogP) is 3.82. The van der Waals surface area contributed by atoms with Gasteiger partial charge in [-0.1, -0.05) is 52.7 Å². The Bertz CT molecular complexity index is 957. The monoisotopic (exact) mass is 344 g/mol. The highest BCUT2D eigenvalue weighted by molar-refractivity contribution is 5.61. The van der Waals surface area contributed by atoms with Crippen LogP contribution in [-0.4, -0.2) is 10.7 Å². The van der Waals surface area contributed by atoms with Crippen LogP contribution in [0, 0.1) is 6.92 Å². The first-order chi connectivity index (χ1) is 12.7. The Balaban J connectivity index is 1.71. The smallest absolute Gasteiger partial charge is 0.302 e. The van der Waals surface area contributed by atoms with Crippen LogP contribution in [0.3, 0.4) is 0 Å². The Morgan fingerprint density at radius 2 is 1.88 bits per heavy atom. The molecule has 26 heavy (non-hydrogen) atoms. The van der Waals surface area contributed by atoms with Gasteiger partial charge >= 0.3 is 5.72 Å². The third-order valence-electron chi connectivity index (χ3n) is 5.49. The van der Waals surface area contributed by atoms with Crippen molar-refractivity contribution < 1.29 is 14.5 Å². The highest BCUT2D eigenvalue weighted by Crippen LogP contribution is 2.48. The minimum atomic E-state index is -0.964. The topological polar surface area (TPSA) is 47.7 Å². The summed E-state index contributed by atoms with van der Waals surface area (Å²) in [6.45, 7) is 2.04. The molecule has 0 saturated heterocycles. The van der Waals surface area contributed by atoms with Crippen LogP contribution in [-0.2, 0) is 10.5 Å². The van der Waals surface area contributed by atoms with E-state index in [-0.39, 0.29) is 12.0 Å². The number of hydrogen-bond donors (Lipinski definition) is 0. The molecular formula is C22H20N2O2. The molecule has 2 atom stereocenters. The summed E-state index contributed by atoms with van der Waals surface area (Å²) >= 11 is 0. The van der Waals surface area contributed by atoms with Crippen LogP contribution in [0.25, 0.3) is 5.70 Å². The zero-order valence-electron chi connectivity index (χ0n) is 14.7. The Hall–Kier alpha value is -2.88. The largest absolute Gasteiger partial charge is 0.542 e. The molecule has 1 saturated carbocycles. The lowest BCUT2D eigenvalue weighted by Crippen LogP contribution is -2.38. The Morgan fingerprint density at radius 1 is 1.12 bits per heavy atom. The van der Waals surface area contributed by atoms with Crippen molar-refractivity contribution in [2.24, 2.45) is 5.11 Å². The van der Waals surface area contributed by atoms with E-state index in [1.165, 1.54) is 5.57 Å². The van der Waals surface area contributed by atoms with E-state index in [4.69, 9.17) is 9.85 Å². The van der Waals surface area contributed by atoms with Crippen molar-refractivity contribution in [1.29, 1.82) is 0 Å². The molecule has 0 radical (unpaired) electrons. The van der Waals surface area contributed by atoms with Gasteiger partial charge in [0.25, 0.3) is 5.70 Å². The van der Waals surface area contributed by atoms with Crippen LogP contribution in [0.4, 0.5) is 0 Å². The maximum Gasteiger partial charge on any atom is 0.302 e. The fourth-order valence-electron chi connectivity index (χ4n) is 4.16. The average molecular weight is 344 g/mol. The summed E-state index contributed by atoms with van der Waals surface area (Å²) in [4.78, 5) is 0. The number of benzene rings is 2. The van der Waals surface area contributed by atoms with E-state index in [1.807, 2.05) is 66.2 Å². The zero-order valence-corrected chi connectivity index (χ0v) is 14.7. The lowest BCUT2D eigenvalue weighted by Gasteiger charge is -2.30. The zero-order chi connectivity index (χ0) is 17.7. The Kier molecular flexibility index (Phi) is 3.29. The summed E-state index contributed by atoms with van der Waals surface area (Å²) in [6.07, 6.45) is 5.31. The maximum absolute atomic E-state index is 12.9. The number of azo groups is 2. The minimum Gasteiger partial charge on any atom is -0.542 e. The summed E-state index contributed by atoms with van der Waals surface area (Å²) in [5.74, 6) is -0.321. The van der Waals surface area contributed by atoms with Gasteiger partial charge in [0, 0.05) is 11.6 Å². The Morgan fingerprint density at radius 3 is 2.65 bits per heavy atom. The molecular weight excluding hydrogens is 324 g/mol. The minimum absolute atomic E-state index is 0.154. The van der Waals surface area contributed by atoms with Crippen molar-refractivity contribution in [3.63, 3.8) is 0 Å². The first-order valence-corrected chi connectivity index (χ1v) is 9.13. The van der Waals surface area contributed by atoms with E-state index in [0.717, 1.165) is 36.0 Å². The fraction of sp³-hybridized carbons (Fsp3) is 0.273. The van der Waals surface area contributed by atoms with E-state index in [9.17, 15) is 5.11 Å². The van der Waals surface area contributed by atoms with Gasteiger partial charge in [-0.25, -0.2) is 0 Å². The summed E-state index contributed by atoms with van der Waals surface area (Å²) in [6, 6.07) is 18.0. The molecule has 1 aliphatic carbocycles. The molecule has 2 aliphatic heterocycles. The Labute approximate surface area is 152 Å². The summed E-state index contributed by atoms with van der Waals surface area (Å²) in [5, 5.41) is 17.9. The number of hydrogen-bond acceptors (Lipinski definition) is 3. The van der Waals surface area contributed by atoms with E-state index >= 15 is 0 Å². The van der Waals surface area contributed by atoms with Gasteiger partial charge in [-0.15, -0.1) is 0 Å². The lowest BCUT2D eigenvalue weighted by atomic mass is 9.95. The van der Waals surface area contributed by atoms with Gasteiger partial charge in [0.05, 0.1) is 5.56 Å². The first-order valence-electron chi connectivity index (χ1n) is 9.13. The molecule has 2 heterocycles. The van der Waals surface area contributed by atoms with Crippen molar-refractivity contribution >= 4 is 5.70 Å². The van der Waals surface area contributed by atoms with Crippen LogP contribution >= 0.6 is 0 Å². The van der Waals surface area contributed by atoms with Gasteiger partial charge in [0.15, 0.2) is 0 Å². The predicted molar refractivity (Wildman–Crippen MR) is 95.7 cm³/mol. The molecule has 4 heteroatoms. The number of fused-ring (bicyclic) bond motifs is 2. The number of nitrogens with zero attached hydrogens (tertiary/aromatic N) is 2. The fourth-order valence-corrected chi connectivity index (χ4v) is 4.16. The molecule has 130 valence electrons. The van der Waals surface area contributed by atoms with Crippen LogP contribution in [0.15, 0.2) is 77.3 Å². The summed E-state index contributed by atoms with van der Waals surface area (Å²) in [7, 11) is 0. The van der Waals surface area contributed by atoms with Crippen LogP contribution < -0.4 is 5.11 Å². The van der Waals surface area contributed by atoms with E-state index in [0.29, 0.717) is 5.70 Å². The standard InChI is InChI=1S/C22H20N2O2/c1-15-10-12-16(13-11-15)20-21(25)26-22(18-7-3-2-4-8-18)14-17-6-5-9-19(17)23-24(20)22/h2-4,7-8,10-14,19H,5-6,9H2,1H3/t19-,22-/m1/s1. The SMILES string of the molecule is Cc1ccc(C2=C([O-])O[C@@]3(c4ccccc4)C=C4CCC[C@H]4N=[N+]23)cc1. The van der Waals surface area contributed by atoms with Gasteiger partial charge in [-0.3, -0.25) is 0 Å². The molecule has 2 aromatic rings. The number of aryl methyl sites for hydroxylation is 1. The average Bonchev–Trinajstić information content (AvgIpc) is 3.22. The number of ether oxygens (including phenoxy) is 1. The lowest BCUT2D eigenvalue weighted by molar-refractivity contribution is -0.627. The summed E-state index contributed by atoms with van der Waals surface area (Å²) < 4.78 is 7.85. The van der Waals surface area contributed by atoms with Gasteiger partial charge < -0.3 is 9.84 Å². The van der Waals surface area contributed by atoms with Crippen molar-refractivity contribution in [3.05, 3.63) is 88.9 Å². The molecule has 0 spiro atoms.